The summed E-state index contributed by atoms with van der Waals surface area (Å²) in [5.74, 6) is 1.14. The molecule has 0 bridgehead atoms. The first kappa shape index (κ1) is 13.3. The van der Waals surface area contributed by atoms with Crippen molar-refractivity contribution in [2.75, 3.05) is 26.2 Å². The third kappa shape index (κ3) is 3.64. The molecule has 1 atom stereocenters. The van der Waals surface area contributed by atoms with Crippen molar-refractivity contribution in [1.82, 2.24) is 9.80 Å². The van der Waals surface area contributed by atoms with Crippen LogP contribution in [0.5, 0.6) is 0 Å². The van der Waals surface area contributed by atoms with E-state index in [1.54, 1.807) is 6.92 Å². The minimum absolute atomic E-state index is 0.0518. The fourth-order valence-electron chi connectivity index (χ4n) is 1.77. The van der Waals surface area contributed by atoms with Gasteiger partial charge in [-0.3, -0.25) is 4.79 Å². The molecule has 1 fully saturated rings. The molecule has 0 radical (unpaired) electrons. The van der Waals surface area contributed by atoms with E-state index in [2.05, 4.69) is 5.92 Å². The third-order valence-electron chi connectivity index (χ3n) is 2.60. The zero-order chi connectivity index (χ0) is 13.1. The van der Waals surface area contributed by atoms with Crippen LogP contribution in [0.15, 0.2) is 0 Å². The SMILES string of the molecule is C#CCN(CC(=O)O)C(=O)N1CCC(C)(O)C1. The maximum absolute atomic E-state index is 11.9. The smallest absolute Gasteiger partial charge is 0.323 e. The van der Waals surface area contributed by atoms with E-state index in [-0.39, 0.29) is 13.1 Å². The van der Waals surface area contributed by atoms with Gasteiger partial charge in [0.2, 0.25) is 0 Å². The van der Waals surface area contributed by atoms with E-state index in [9.17, 15) is 14.7 Å². The molecule has 0 aliphatic carbocycles. The van der Waals surface area contributed by atoms with Gasteiger partial charge in [-0.1, -0.05) is 5.92 Å². The van der Waals surface area contributed by atoms with Crippen LogP contribution in [-0.2, 0) is 4.79 Å². The lowest BCUT2D eigenvalue weighted by atomic mass is 10.1. The normalized spacial score (nSPS) is 23.2. The Balaban J connectivity index is 2.66. The lowest BCUT2D eigenvalue weighted by molar-refractivity contribution is -0.137. The number of likely N-dealkylation sites (tertiary alicyclic amines) is 1. The fourth-order valence-corrected chi connectivity index (χ4v) is 1.77. The number of carboxylic acids is 1. The number of urea groups is 1. The molecule has 0 aromatic carbocycles. The van der Waals surface area contributed by atoms with Crippen LogP contribution in [0.3, 0.4) is 0 Å². The molecule has 0 saturated carbocycles. The van der Waals surface area contributed by atoms with E-state index in [1.165, 1.54) is 4.90 Å². The Hall–Kier alpha value is -1.74. The third-order valence-corrected chi connectivity index (χ3v) is 2.60. The Morgan fingerprint density at radius 1 is 1.59 bits per heavy atom. The van der Waals surface area contributed by atoms with Gasteiger partial charge >= 0.3 is 12.0 Å². The molecule has 1 aliphatic heterocycles. The van der Waals surface area contributed by atoms with Gasteiger partial charge in [0.1, 0.15) is 6.54 Å². The van der Waals surface area contributed by atoms with Crippen molar-refractivity contribution in [3.8, 4) is 12.3 Å². The van der Waals surface area contributed by atoms with Crippen LogP contribution >= 0.6 is 0 Å². The molecule has 0 aromatic heterocycles. The highest BCUT2D eigenvalue weighted by Crippen LogP contribution is 2.21. The topological polar surface area (TPSA) is 81.1 Å². The largest absolute Gasteiger partial charge is 0.480 e. The molecule has 6 nitrogen and oxygen atoms in total. The van der Waals surface area contributed by atoms with Gasteiger partial charge in [0.15, 0.2) is 0 Å². The van der Waals surface area contributed by atoms with E-state index in [1.807, 2.05) is 0 Å². The van der Waals surface area contributed by atoms with E-state index >= 15 is 0 Å². The van der Waals surface area contributed by atoms with Crippen molar-refractivity contribution in [1.29, 1.82) is 0 Å². The maximum atomic E-state index is 11.9. The summed E-state index contributed by atoms with van der Waals surface area (Å²) in [7, 11) is 0. The molecular weight excluding hydrogens is 224 g/mol. The predicted octanol–water partition coefficient (Wildman–Crippen LogP) is -0.417. The van der Waals surface area contributed by atoms with Crippen molar-refractivity contribution in [3.05, 3.63) is 0 Å². The van der Waals surface area contributed by atoms with Gasteiger partial charge in [0.25, 0.3) is 0 Å². The number of nitrogens with zero attached hydrogens (tertiary/aromatic N) is 2. The lowest BCUT2D eigenvalue weighted by Gasteiger charge is -2.26. The van der Waals surface area contributed by atoms with Gasteiger partial charge in [0.05, 0.1) is 18.7 Å². The van der Waals surface area contributed by atoms with Gasteiger partial charge in [0, 0.05) is 6.54 Å². The lowest BCUT2D eigenvalue weighted by Crippen LogP contribution is -2.45. The number of aliphatic carboxylic acids is 1. The van der Waals surface area contributed by atoms with Gasteiger partial charge < -0.3 is 20.0 Å². The fraction of sp³-hybridized carbons (Fsp3) is 0.636. The first-order chi connectivity index (χ1) is 7.85. The summed E-state index contributed by atoms with van der Waals surface area (Å²) in [6.07, 6.45) is 5.57. The number of carboxylic acid groups (broad SMARTS) is 1. The quantitative estimate of drug-likeness (QED) is 0.657. The number of β-amino-alcohol motifs (C(OH)–C–C–N with tert-alkyl or cyclic N) is 1. The molecule has 0 spiro atoms. The first-order valence-corrected chi connectivity index (χ1v) is 5.27. The van der Waals surface area contributed by atoms with Crippen LogP contribution in [0.2, 0.25) is 0 Å². The van der Waals surface area contributed by atoms with Crippen LogP contribution in [0.1, 0.15) is 13.3 Å². The number of hydrogen-bond acceptors (Lipinski definition) is 3. The Morgan fingerprint density at radius 2 is 2.24 bits per heavy atom. The van der Waals surface area contributed by atoms with E-state index in [4.69, 9.17) is 11.5 Å². The van der Waals surface area contributed by atoms with Crippen molar-refractivity contribution in [2.24, 2.45) is 0 Å². The highest BCUT2D eigenvalue weighted by Gasteiger charge is 2.35. The molecule has 1 unspecified atom stereocenters. The Labute approximate surface area is 99.8 Å². The number of rotatable bonds is 3. The summed E-state index contributed by atoms with van der Waals surface area (Å²) in [5.41, 5.74) is -0.902. The Kier molecular flexibility index (Phi) is 3.97. The molecule has 1 aliphatic rings. The van der Waals surface area contributed by atoms with E-state index in [0.29, 0.717) is 13.0 Å². The molecule has 2 amide bonds. The second-order valence-electron chi connectivity index (χ2n) is 4.40. The highest BCUT2D eigenvalue weighted by atomic mass is 16.4. The second-order valence-corrected chi connectivity index (χ2v) is 4.40. The molecule has 1 saturated heterocycles. The standard InChI is InChI=1S/C11H16N2O4/c1-3-5-12(7-9(14)15)10(16)13-6-4-11(2,17)8-13/h1,17H,4-8H2,2H3,(H,14,15). The molecule has 17 heavy (non-hydrogen) atoms. The minimum atomic E-state index is -1.11. The predicted molar refractivity (Wildman–Crippen MR) is 60.3 cm³/mol. The van der Waals surface area contributed by atoms with Crippen molar-refractivity contribution in [3.63, 3.8) is 0 Å². The molecule has 6 heteroatoms. The van der Waals surface area contributed by atoms with E-state index < -0.39 is 24.1 Å². The van der Waals surface area contributed by atoms with Crippen LogP contribution in [0.4, 0.5) is 4.79 Å². The molecule has 1 rings (SSSR count). The summed E-state index contributed by atoms with van der Waals surface area (Å²) in [6, 6.07) is -0.442. The van der Waals surface area contributed by atoms with Gasteiger partial charge in [-0.2, -0.15) is 0 Å². The summed E-state index contributed by atoms with van der Waals surface area (Å²) < 4.78 is 0. The molecular formula is C11H16N2O4. The average Bonchev–Trinajstić information content (AvgIpc) is 2.56. The summed E-state index contributed by atoms with van der Waals surface area (Å²) in [4.78, 5) is 25.0. The van der Waals surface area contributed by atoms with Crippen LogP contribution < -0.4 is 0 Å². The molecule has 94 valence electrons. The Morgan fingerprint density at radius 3 is 2.65 bits per heavy atom. The number of amides is 2. The van der Waals surface area contributed by atoms with Crippen LogP contribution in [-0.4, -0.2) is 63.8 Å². The number of terminal acetylenes is 1. The molecule has 2 N–H and O–H groups in total. The van der Waals surface area contributed by atoms with Crippen LogP contribution in [0, 0.1) is 12.3 Å². The van der Waals surface area contributed by atoms with Gasteiger partial charge in [-0.25, -0.2) is 4.79 Å². The summed E-state index contributed by atoms with van der Waals surface area (Å²) in [5, 5.41) is 18.4. The Bertz CT molecular complexity index is 359. The van der Waals surface area contributed by atoms with Crippen LogP contribution in [0.25, 0.3) is 0 Å². The zero-order valence-electron chi connectivity index (χ0n) is 9.72. The van der Waals surface area contributed by atoms with Gasteiger partial charge in [-0.15, -0.1) is 6.42 Å². The number of carbonyl (C=O) groups excluding carboxylic acids is 1. The number of carbonyl (C=O) groups is 2. The maximum Gasteiger partial charge on any atom is 0.323 e. The second kappa shape index (κ2) is 5.06. The van der Waals surface area contributed by atoms with Crippen molar-refractivity contribution >= 4 is 12.0 Å². The minimum Gasteiger partial charge on any atom is -0.480 e. The molecule has 0 aromatic rings. The van der Waals surface area contributed by atoms with Crippen molar-refractivity contribution < 1.29 is 19.8 Å². The number of hydrogen-bond donors (Lipinski definition) is 2. The first-order valence-electron chi connectivity index (χ1n) is 5.27. The summed E-state index contributed by atoms with van der Waals surface area (Å²) in [6.45, 7) is 1.77. The van der Waals surface area contributed by atoms with E-state index in [0.717, 1.165) is 4.90 Å². The molecule has 1 heterocycles. The summed E-state index contributed by atoms with van der Waals surface area (Å²) >= 11 is 0. The number of aliphatic hydroxyl groups is 1. The highest BCUT2D eigenvalue weighted by molar-refractivity contribution is 5.80. The average molecular weight is 240 g/mol. The zero-order valence-corrected chi connectivity index (χ0v) is 9.72. The van der Waals surface area contributed by atoms with Crippen molar-refractivity contribution in [2.45, 2.75) is 18.9 Å². The monoisotopic (exact) mass is 240 g/mol. The van der Waals surface area contributed by atoms with Gasteiger partial charge in [-0.05, 0) is 13.3 Å².